The van der Waals surface area contributed by atoms with Crippen LogP contribution in [0.1, 0.15) is 19.3 Å². The van der Waals surface area contributed by atoms with E-state index in [0.29, 0.717) is 17.0 Å². The third-order valence-electron chi connectivity index (χ3n) is 4.78. The number of hydrogen-bond donors (Lipinski definition) is 1. The van der Waals surface area contributed by atoms with Crippen molar-refractivity contribution in [2.24, 2.45) is 5.92 Å². The van der Waals surface area contributed by atoms with Gasteiger partial charge in [-0.15, -0.1) is 0 Å². The summed E-state index contributed by atoms with van der Waals surface area (Å²) in [5, 5.41) is 14.6. The number of likely N-dealkylation sites (tertiary alicyclic amines) is 1. The SMILES string of the molecule is O=[N+]([O-])c1ccc(NC[C@@H]([C@@H]2CCOC2)N2CCCC2)c(Cl)c1. The van der Waals surface area contributed by atoms with Gasteiger partial charge in [-0.3, -0.25) is 15.0 Å². The minimum atomic E-state index is -0.432. The van der Waals surface area contributed by atoms with Crippen molar-refractivity contribution < 1.29 is 9.66 Å². The predicted molar refractivity (Wildman–Crippen MR) is 90.1 cm³/mol. The lowest BCUT2D eigenvalue weighted by Gasteiger charge is -2.32. The van der Waals surface area contributed by atoms with Gasteiger partial charge >= 0.3 is 0 Å². The van der Waals surface area contributed by atoms with Gasteiger partial charge in [0.05, 0.1) is 22.2 Å². The van der Waals surface area contributed by atoms with Gasteiger partial charge in [-0.05, 0) is 38.4 Å². The molecule has 126 valence electrons. The third-order valence-corrected chi connectivity index (χ3v) is 5.10. The first-order chi connectivity index (χ1) is 11.1. The summed E-state index contributed by atoms with van der Waals surface area (Å²) in [6.07, 6.45) is 3.60. The van der Waals surface area contributed by atoms with Crippen LogP contribution < -0.4 is 5.32 Å². The zero-order valence-electron chi connectivity index (χ0n) is 13.0. The Hall–Kier alpha value is -1.37. The van der Waals surface area contributed by atoms with E-state index in [0.717, 1.165) is 45.0 Å². The second-order valence-electron chi connectivity index (χ2n) is 6.24. The van der Waals surface area contributed by atoms with Gasteiger partial charge in [0.15, 0.2) is 0 Å². The molecule has 0 radical (unpaired) electrons. The Labute approximate surface area is 140 Å². The van der Waals surface area contributed by atoms with Crippen LogP contribution in [0.3, 0.4) is 0 Å². The molecular weight excluding hydrogens is 318 g/mol. The molecule has 0 saturated carbocycles. The number of non-ortho nitro benzene ring substituents is 1. The molecule has 0 aliphatic carbocycles. The minimum Gasteiger partial charge on any atom is -0.382 e. The fraction of sp³-hybridized carbons (Fsp3) is 0.625. The number of nitrogens with zero attached hydrogens (tertiary/aromatic N) is 2. The maximum atomic E-state index is 10.8. The van der Waals surface area contributed by atoms with Gasteiger partial charge < -0.3 is 10.1 Å². The number of benzene rings is 1. The maximum Gasteiger partial charge on any atom is 0.271 e. The molecule has 0 aromatic heterocycles. The van der Waals surface area contributed by atoms with Crippen molar-refractivity contribution in [3.63, 3.8) is 0 Å². The van der Waals surface area contributed by atoms with Gasteiger partial charge in [0.2, 0.25) is 0 Å². The number of ether oxygens (including phenoxy) is 1. The number of halogens is 1. The highest BCUT2D eigenvalue weighted by molar-refractivity contribution is 6.33. The first kappa shape index (κ1) is 16.5. The lowest BCUT2D eigenvalue weighted by molar-refractivity contribution is -0.384. The van der Waals surface area contributed by atoms with Crippen molar-refractivity contribution >= 4 is 23.0 Å². The Morgan fingerprint density at radius 2 is 2.22 bits per heavy atom. The monoisotopic (exact) mass is 339 g/mol. The van der Waals surface area contributed by atoms with Crippen molar-refractivity contribution in [2.75, 3.05) is 38.2 Å². The summed E-state index contributed by atoms with van der Waals surface area (Å²) in [5.41, 5.74) is 0.765. The molecule has 7 heteroatoms. The Bertz CT molecular complexity index is 542. The minimum absolute atomic E-state index is 0.0147. The molecule has 2 fully saturated rings. The second kappa shape index (κ2) is 7.47. The van der Waals surface area contributed by atoms with Crippen LogP contribution in [0.25, 0.3) is 0 Å². The lowest BCUT2D eigenvalue weighted by Crippen LogP contribution is -2.44. The smallest absolute Gasteiger partial charge is 0.271 e. The molecule has 3 rings (SSSR count). The molecule has 1 aromatic rings. The molecule has 2 atom stereocenters. The molecule has 0 bridgehead atoms. The van der Waals surface area contributed by atoms with E-state index in [9.17, 15) is 10.1 Å². The zero-order valence-corrected chi connectivity index (χ0v) is 13.8. The summed E-state index contributed by atoms with van der Waals surface area (Å²) in [7, 11) is 0. The molecule has 2 aliphatic heterocycles. The largest absolute Gasteiger partial charge is 0.382 e. The number of nitro benzene ring substituents is 1. The molecule has 2 saturated heterocycles. The fourth-order valence-corrected chi connectivity index (χ4v) is 3.74. The molecule has 1 aromatic carbocycles. The molecule has 0 unspecified atom stereocenters. The van der Waals surface area contributed by atoms with Crippen molar-refractivity contribution in [3.8, 4) is 0 Å². The lowest BCUT2D eigenvalue weighted by atomic mass is 9.97. The van der Waals surface area contributed by atoms with E-state index >= 15 is 0 Å². The summed E-state index contributed by atoms with van der Waals surface area (Å²) in [5.74, 6) is 0.539. The Morgan fingerprint density at radius 1 is 1.43 bits per heavy atom. The summed E-state index contributed by atoms with van der Waals surface area (Å²) in [4.78, 5) is 12.9. The predicted octanol–water partition coefficient (Wildman–Crippen LogP) is 3.16. The topological polar surface area (TPSA) is 67.6 Å². The third kappa shape index (κ3) is 3.94. The average molecular weight is 340 g/mol. The Balaban J connectivity index is 1.67. The van der Waals surface area contributed by atoms with Gasteiger partial charge in [-0.1, -0.05) is 11.6 Å². The van der Waals surface area contributed by atoms with E-state index in [1.807, 2.05) is 0 Å². The van der Waals surface area contributed by atoms with Crippen LogP contribution in [0.15, 0.2) is 18.2 Å². The summed E-state index contributed by atoms with van der Waals surface area (Å²) in [6.45, 7) is 4.71. The average Bonchev–Trinajstić information content (AvgIpc) is 3.22. The molecule has 1 N–H and O–H groups in total. The van der Waals surface area contributed by atoms with E-state index in [1.54, 1.807) is 6.07 Å². The Kier molecular flexibility index (Phi) is 5.35. The summed E-state index contributed by atoms with van der Waals surface area (Å²) < 4.78 is 5.56. The van der Waals surface area contributed by atoms with Gasteiger partial charge in [0.1, 0.15) is 0 Å². The molecule has 2 heterocycles. The quantitative estimate of drug-likeness (QED) is 0.637. The molecule has 6 nitrogen and oxygen atoms in total. The van der Waals surface area contributed by atoms with Crippen LogP contribution in [0, 0.1) is 16.0 Å². The van der Waals surface area contributed by atoms with Crippen LogP contribution in [0.4, 0.5) is 11.4 Å². The fourth-order valence-electron chi connectivity index (χ4n) is 3.50. The maximum absolute atomic E-state index is 10.8. The van der Waals surface area contributed by atoms with Crippen LogP contribution in [-0.4, -0.2) is 48.7 Å². The normalized spacial score (nSPS) is 23.1. The van der Waals surface area contributed by atoms with Crippen molar-refractivity contribution in [2.45, 2.75) is 25.3 Å². The van der Waals surface area contributed by atoms with E-state index in [4.69, 9.17) is 16.3 Å². The van der Waals surface area contributed by atoms with Crippen LogP contribution in [0.2, 0.25) is 5.02 Å². The molecular formula is C16H22ClN3O3. The highest BCUT2D eigenvalue weighted by Crippen LogP contribution is 2.29. The van der Waals surface area contributed by atoms with Gasteiger partial charge in [0.25, 0.3) is 5.69 Å². The molecule has 0 amide bonds. The van der Waals surface area contributed by atoms with E-state index in [-0.39, 0.29) is 5.69 Å². The van der Waals surface area contributed by atoms with Crippen molar-refractivity contribution in [3.05, 3.63) is 33.3 Å². The number of nitro groups is 1. The summed E-state index contributed by atoms with van der Waals surface area (Å²) in [6, 6.07) is 4.99. The number of rotatable bonds is 6. The van der Waals surface area contributed by atoms with Crippen LogP contribution in [-0.2, 0) is 4.74 Å². The van der Waals surface area contributed by atoms with Crippen molar-refractivity contribution in [1.82, 2.24) is 4.90 Å². The zero-order chi connectivity index (χ0) is 16.2. The molecule has 23 heavy (non-hydrogen) atoms. The number of nitrogens with one attached hydrogen (secondary N) is 1. The highest BCUT2D eigenvalue weighted by Gasteiger charge is 2.31. The standard InChI is InChI=1S/C16H22ClN3O3/c17-14-9-13(20(21)22)3-4-15(14)18-10-16(12-5-8-23-11-12)19-6-1-2-7-19/h3-4,9,12,16,18H,1-2,5-8,10-11H2/t12-,16+/m1/s1. The van der Waals surface area contributed by atoms with Crippen molar-refractivity contribution in [1.29, 1.82) is 0 Å². The summed E-state index contributed by atoms with van der Waals surface area (Å²) >= 11 is 6.17. The van der Waals surface area contributed by atoms with E-state index < -0.39 is 4.92 Å². The van der Waals surface area contributed by atoms with E-state index in [2.05, 4.69) is 10.2 Å². The second-order valence-corrected chi connectivity index (χ2v) is 6.64. The highest BCUT2D eigenvalue weighted by atomic mass is 35.5. The van der Waals surface area contributed by atoms with Crippen LogP contribution >= 0.6 is 11.6 Å². The molecule has 2 aliphatic rings. The first-order valence-electron chi connectivity index (χ1n) is 8.15. The van der Waals surface area contributed by atoms with Gasteiger partial charge in [-0.2, -0.15) is 0 Å². The van der Waals surface area contributed by atoms with E-state index in [1.165, 1.54) is 25.0 Å². The number of anilines is 1. The Morgan fingerprint density at radius 3 is 2.83 bits per heavy atom. The molecule has 0 spiro atoms. The first-order valence-corrected chi connectivity index (χ1v) is 8.52. The van der Waals surface area contributed by atoms with Crippen LogP contribution in [0.5, 0.6) is 0 Å². The van der Waals surface area contributed by atoms with Gasteiger partial charge in [0, 0.05) is 37.2 Å². The number of hydrogen-bond acceptors (Lipinski definition) is 5. The van der Waals surface area contributed by atoms with Gasteiger partial charge in [-0.25, -0.2) is 0 Å².